The zero-order valence-corrected chi connectivity index (χ0v) is 18.5. The first kappa shape index (κ1) is 21.0. The summed E-state index contributed by atoms with van der Waals surface area (Å²) in [6.07, 6.45) is 1.42. The average Bonchev–Trinajstić information content (AvgIpc) is 3.48. The van der Waals surface area contributed by atoms with Gasteiger partial charge >= 0.3 is 0 Å². The molecule has 0 aliphatic carbocycles. The summed E-state index contributed by atoms with van der Waals surface area (Å²) in [5, 5.41) is 5.58. The topological polar surface area (TPSA) is 104 Å². The van der Waals surface area contributed by atoms with Gasteiger partial charge in [-0.3, -0.25) is 9.59 Å². The van der Waals surface area contributed by atoms with Gasteiger partial charge in [-0.1, -0.05) is 11.2 Å². The summed E-state index contributed by atoms with van der Waals surface area (Å²) in [5.41, 5.74) is 0.333. The van der Waals surface area contributed by atoms with Crippen molar-refractivity contribution in [3.8, 4) is 0 Å². The quantitative estimate of drug-likeness (QED) is 0.696. The molecule has 162 valence electrons. The monoisotopic (exact) mass is 452 g/mol. The molecule has 2 saturated heterocycles. The van der Waals surface area contributed by atoms with E-state index in [2.05, 4.69) is 5.16 Å². The standard InChI is InChI=1S/C19H24N4O5S2/c1-13-17(14(2)28-20-13)30(26,27)22-10-8-21(9-11-22)18(24)15-5-3-7-23(15)19(25)16-6-4-12-29-16/h4,6,12,15H,3,5,7-11H2,1-2H3. The number of aromatic nitrogens is 1. The molecule has 1 atom stereocenters. The fraction of sp³-hybridized carbons (Fsp3) is 0.526. The van der Waals surface area contributed by atoms with Crippen molar-refractivity contribution in [3.63, 3.8) is 0 Å². The Balaban J connectivity index is 1.43. The molecule has 0 radical (unpaired) electrons. The predicted molar refractivity (Wildman–Crippen MR) is 110 cm³/mol. The summed E-state index contributed by atoms with van der Waals surface area (Å²) in [6, 6.07) is 3.11. The molecule has 2 aliphatic heterocycles. The number of hydrogen-bond donors (Lipinski definition) is 0. The van der Waals surface area contributed by atoms with Gasteiger partial charge in [-0.05, 0) is 38.1 Å². The number of hydrogen-bond acceptors (Lipinski definition) is 7. The highest BCUT2D eigenvalue weighted by molar-refractivity contribution is 7.89. The third kappa shape index (κ3) is 3.65. The average molecular weight is 453 g/mol. The minimum atomic E-state index is -3.73. The van der Waals surface area contributed by atoms with E-state index in [1.54, 1.807) is 29.7 Å². The second-order valence-corrected chi connectivity index (χ2v) is 10.3. The van der Waals surface area contributed by atoms with Gasteiger partial charge in [0.15, 0.2) is 5.76 Å². The Bertz CT molecular complexity index is 1020. The maximum absolute atomic E-state index is 13.1. The zero-order valence-electron chi connectivity index (χ0n) is 16.9. The van der Waals surface area contributed by atoms with Gasteiger partial charge in [0.1, 0.15) is 16.6 Å². The lowest BCUT2D eigenvalue weighted by molar-refractivity contribution is -0.136. The van der Waals surface area contributed by atoms with E-state index in [1.165, 1.54) is 15.6 Å². The molecular formula is C19H24N4O5S2. The smallest absolute Gasteiger partial charge is 0.264 e. The van der Waals surface area contributed by atoms with Gasteiger partial charge in [0.25, 0.3) is 5.91 Å². The SMILES string of the molecule is Cc1noc(C)c1S(=O)(=O)N1CCN(C(=O)C2CCCN2C(=O)c2cccs2)CC1. The van der Waals surface area contributed by atoms with Crippen molar-refractivity contribution in [2.75, 3.05) is 32.7 Å². The molecule has 2 aliphatic rings. The molecule has 4 rings (SSSR count). The highest BCUT2D eigenvalue weighted by Gasteiger charge is 2.40. The van der Waals surface area contributed by atoms with Crippen LogP contribution in [0.4, 0.5) is 0 Å². The first-order valence-electron chi connectivity index (χ1n) is 9.87. The second-order valence-electron chi connectivity index (χ2n) is 7.52. The normalized spacial score (nSPS) is 20.7. The third-order valence-electron chi connectivity index (χ3n) is 5.65. The Morgan fingerprint density at radius 3 is 2.50 bits per heavy atom. The number of likely N-dealkylation sites (tertiary alicyclic amines) is 1. The van der Waals surface area contributed by atoms with Crippen LogP contribution in [0.15, 0.2) is 26.9 Å². The minimum Gasteiger partial charge on any atom is -0.360 e. The van der Waals surface area contributed by atoms with Gasteiger partial charge in [0.05, 0.1) is 4.88 Å². The fourth-order valence-electron chi connectivity index (χ4n) is 4.14. The molecule has 1 unspecified atom stereocenters. The number of amides is 2. The van der Waals surface area contributed by atoms with Gasteiger partial charge in [-0.15, -0.1) is 11.3 Å². The van der Waals surface area contributed by atoms with Gasteiger partial charge in [0, 0.05) is 32.7 Å². The van der Waals surface area contributed by atoms with E-state index in [-0.39, 0.29) is 35.6 Å². The van der Waals surface area contributed by atoms with Gasteiger partial charge in [-0.2, -0.15) is 4.31 Å². The van der Waals surface area contributed by atoms with Crippen LogP contribution >= 0.6 is 11.3 Å². The van der Waals surface area contributed by atoms with Crippen LogP contribution in [0.1, 0.15) is 34.0 Å². The molecule has 2 aromatic heterocycles. The van der Waals surface area contributed by atoms with Gasteiger partial charge < -0.3 is 14.3 Å². The molecule has 9 nitrogen and oxygen atoms in total. The fourth-order valence-corrected chi connectivity index (χ4v) is 6.53. The molecule has 0 saturated carbocycles. The van der Waals surface area contributed by atoms with Crippen LogP contribution in [0.3, 0.4) is 0 Å². The van der Waals surface area contributed by atoms with E-state index in [0.717, 1.165) is 6.42 Å². The van der Waals surface area contributed by atoms with E-state index in [9.17, 15) is 18.0 Å². The third-order valence-corrected chi connectivity index (χ3v) is 8.65. The van der Waals surface area contributed by atoms with Crippen molar-refractivity contribution < 1.29 is 22.5 Å². The summed E-state index contributed by atoms with van der Waals surface area (Å²) in [7, 11) is -3.73. The highest BCUT2D eigenvalue weighted by Crippen LogP contribution is 2.26. The van der Waals surface area contributed by atoms with E-state index < -0.39 is 16.1 Å². The van der Waals surface area contributed by atoms with Crippen molar-refractivity contribution in [2.45, 2.75) is 37.6 Å². The van der Waals surface area contributed by atoms with E-state index in [4.69, 9.17) is 4.52 Å². The van der Waals surface area contributed by atoms with Crippen LogP contribution in [0.5, 0.6) is 0 Å². The highest BCUT2D eigenvalue weighted by atomic mass is 32.2. The van der Waals surface area contributed by atoms with E-state index in [0.29, 0.717) is 36.6 Å². The lowest BCUT2D eigenvalue weighted by Crippen LogP contribution is -2.55. The number of aryl methyl sites for hydroxylation is 2. The Hall–Kier alpha value is -2.24. The molecule has 2 amide bonds. The first-order valence-corrected chi connectivity index (χ1v) is 12.2. The molecule has 0 spiro atoms. The van der Waals surface area contributed by atoms with Crippen molar-refractivity contribution in [1.82, 2.24) is 19.3 Å². The van der Waals surface area contributed by atoms with Crippen LogP contribution in [0.2, 0.25) is 0 Å². The van der Waals surface area contributed by atoms with Crippen molar-refractivity contribution >= 4 is 33.2 Å². The number of carbonyl (C=O) groups excluding carboxylic acids is 2. The molecule has 0 N–H and O–H groups in total. The Kier molecular flexibility index (Phi) is 5.69. The second kappa shape index (κ2) is 8.12. The number of sulfonamides is 1. The summed E-state index contributed by atoms with van der Waals surface area (Å²) in [5.74, 6) is 0.0481. The molecule has 2 aromatic rings. The summed E-state index contributed by atoms with van der Waals surface area (Å²) in [4.78, 5) is 29.9. The predicted octanol–water partition coefficient (Wildman–Crippen LogP) is 1.49. The molecule has 4 heterocycles. The Morgan fingerprint density at radius 1 is 1.17 bits per heavy atom. The minimum absolute atomic E-state index is 0.103. The summed E-state index contributed by atoms with van der Waals surface area (Å²) < 4.78 is 32.3. The first-order chi connectivity index (χ1) is 14.3. The summed E-state index contributed by atoms with van der Waals surface area (Å²) >= 11 is 1.37. The van der Waals surface area contributed by atoms with Crippen LogP contribution in [0, 0.1) is 13.8 Å². The van der Waals surface area contributed by atoms with Gasteiger partial charge in [0.2, 0.25) is 15.9 Å². The molecule has 30 heavy (non-hydrogen) atoms. The van der Waals surface area contributed by atoms with E-state index in [1.807, 2.05) is 11.4 Å². The lowest BCUT2D eigenvalue weighted by Gasteiger charge is -2.36. The number of piperazine rings is 1. The van der Waals surface area contributed by atoms with Crippen molar-refractivity contribution in [3.05, 3.63) is 33.8 Å². The van der Waals surface area contributed by atoms with Crippen molar-refractivity contribution in [1.29, 1.82) is 0 Å². The maximum atomic E-state index is 13.1. The molecule has 0 aromatic carbocycles. The van der Waals surface area contributed by atoms with Crippen LogP contribution in [-0.4, -0.2) is 78.3 Å². The Morgan fingerprint density at radius 2 is 1.90 bits per heavy atom. The Labute approximate surface area is 179 Å². The van der Waals surface area contributed by atoms with Crippen LogP contribution in [0.25, 0.3) is 0 Å². The maximum Gasteiger partial charge on any atom is 0.264 e. The largest absolute Gasteiger partial charge is 0.360 e. The number of rotatable bonds is 4. The number of nitrogens with zero attached hydrogens (tertiary/aromatic N) is 4. The molecule has 11 heteroatoms. The molecule has 0 bridgehead atoms. The van der Waals surface area contributed by atoms with Gasteiger partial charge in [-0.25, -0.2) is 8.42 Å². The van der Waals surface area contributed by atoms with Crippen LogP contribution < -0.4 is 0 Å². The molecular weight excluding hydrogens is 428 g/mol. The number of thiophene rings is 1. The van der Waals surface area contributed by atoms with E-state index >= 15 is 0 Å². The van der Waals surface area contributed by atoms with Crippen LogP contribution in [-0.2, 0) is 14.8 Å². The molecule has 2 fully saturated rings. The zero-order chi connectivity index (χ0) is 21.5. The number of carbonyl (C=O) groups is 2. The lowest BCUT2D eigenvalue weighted by atomic mass is 10.1. The summed E-state index contributed by atoms with van der Waals surface area (Å²) in [6.45, 7) is 4.72. The van der Waals surface area contributed by atoms with Crippen molar-refractivity contribution in [2.24, 2.45) is 0 Å².